The van der Waals surface area contributed by atoms with Gasteiger partial charge in [-0.1, -0.05) is 20.8 Å². The molecule has 1 aliphatic carbocycles. The predicted octanol–water partition coefficient (Wildman–Crippen LogP) is 1.90. The van der Waals surface area contributed by atoms with Gasteiger partial charge in [-0.2, -0.15) is 0 Å². The maximum Gasteiger partial charge on any atom is 0.0618 e. The summed E-state index contributed by atoms with van der Waals surface area (Å²) in [7, 11) is 1.77. The maximum atomic E-state index is 5.18. The van der Waals surface area contributed by atoms with Crippen molar-refractivity contribution in [3.8, 4) is 0 Å². The topological polar surface area (TPSA) is 21.3 Å². The van der Waals surface area contributed by atoms with Crippen LogP contribution in [-0.4, -0.2) is 26.3 Å². The fourth-order valence-electron chi connectivity index (χ4n) is 1.65. The average molecular weight is 185 g/mol. The van der Waals surface area contributed by atoms with Crippen LogP contribution in [0.5, 0.6) is 0 Å². The minimum absolute atomic E-state index is 0.526. The lowest BCUT2D eigenvalue weighted by Crippen LogP contribution is -2.38. The highest BCUT2D eigenvalue weighted by Gasteiger charge is 2.32. The van der Waals surface area contributed by atoms with Gasteiger partial charge < -0.3 is 10.1 Å². The van der Waals surface area contributed by atoms with Crippen LogP contribution in [0.2, 0.25) is 0 Å². The highest BCUT2D eigenvalue weighted by Crippen LogP contribution is 2.36. The van der Waals surface area contributed by atoms with Gasteiger partial charge in [-0.3, -0.25) is 0 Å². The Bertz CT molecular complexity index is 147. The summed E-state index contributed by atoms with van der Waals surface area (Å²) >= 11 is 0. The van der Waals surface area contributed by atoms with E-state index in [1.165, 1.54) is 13.0 Å². The average Bonchev–Trinajstić information content (AvgIpc) is 2.75. The molecule has 3 atom stereocenters. The van der Waals surface area contributed by atoms with Crippen molar-refractivity contribution in [3.63, 3.8) is 0 Å². The van der Waals surface area contributed by atoms with Crippen LogP contribution in [0.25, 0.3) is 0 Å². The Morgan fingerprint density at radius 3 is 2.46 bits per heavy atom. The van der Waals surface area contributed by atoms with Gasteiger partial charge in [0.1, 0.15) is 0 Å². The van der Waals surface area contributed by atoms with Crippen molar-refractivity contribution in [2.75, 3.05) is 20.3 Å². The Labute approximate surface area is 82.0 Å². The molecule has 2 nitrogen and oxygen atoms in total. The standard InChI is InChI=1S/C11H23NO/c1-8(2)11(7-13-4)12-6-10-5-9(10)3/h8-12H,5-7H2,1-4H3. The van der Waals surface area contributed by atoms with Crippen LogP contribution in [0, 0.1) is 17.8 Å². The van der Waals surface area contributed by atoms with Gasteiger partial charge in [-0.25, -0.2) is 0 Å². The summed E-state index contributed by atoms with van der Waals surface area (Å²) in [5.74, 6) is 2.54. The predicted molar refractivity (Wildman–Crippen MR) is 55.8 cm³/mol. The summed E-state index contributed by atoms with van der Waals surface area (Å²) in [6, 6.07) is 0.526. The van der Waals surface area contributed by atoms with Crippen LogP contribution in [-0.2, 0) is 4.74 Å². The minimum Gasteiger partial charge on any atom is -0.383 e. The van der Waals surface area contributed by atoms with Gasteiger partial charge in [-0.05, 0) is 30.7 Å². The number of methoxy groups -OCH3 is 1. The van der Waals surface area contributed by atoms with Crippen LogP contribution in [0.15, 0.2) is 0 Å². The number of rotatable bonds is 6. The van der Waals surface area contributed by atoms with E-state index >= 15 is 0 Å². The maximum absolute atomic E-state index is 5.18. The summed E-state index contributed by atoms with van der Waals surface area (Å²) < 4.78 is 5.18. The first-order valence-electron chi connectivity index (χ1n) is 5.37. The lowest BCUT2D eigenvalue weighted by atomic mass is 10.1. The third-order valence-electron chi connectivity index (χ3n) is 3.07. The van der Waals surface area contributed by atoms with E-state index in [4.69, 9.17) is 4.74 Å². The van der Waals surface area contributed by atoms with E-state index in [1.807, 2.05) is 0 Å². The van der Waals surface area contributed by atoms with Crippen molar-refractivity contribution < 1.29 is 4.74 Å². The normalized spacial score (nSPS) is 29.3. The molecule has 13 heavy (non-hydrogen) atoms. The molecular formula is C11H23NO. The summed E-state index contributed by atoms with van der Waals surface area (Å²) in [5.41, 5.74) is 0. The van der Waals surface area contributed by atoms with Crippen LogP contribution < -0.4 is 5.32 Å². The highest BCUT2D eigenvalue weighted by atomic mass is 16.5. The third kappa shape index (κ3) is 3.65. The molecule has 1 rings (SSSR count). The van der Waals surface area contributed by atoms with Gasteiger partial charge in [0.05, 0.1) is 6.61 Å². The van der Waals surface area contributed by atoms with Gasteiger partial charge in [0, 0.05) is 13.2 Å². The van der Waals surface area contributed by atoms with E-state index < -0.39 is 0 Å². The summed E-state index contributed by atoms with van der Waals surface area (Å²) in [6.07, 6.45) is 1.41. The van der Waals surface area contributed by atoms with Crippen molar-refractivity contribution in [2.45, 2.75) is 33.2 Å². The van der Waals surface area contributed by atoms with Gasteiger partial charge in [0.15, 0.2) is 0 Å². The Kier molecular flexibility index (Phi) is 4.20. The van der Waals surface area contributed by atoms with E-state index in [0.29, 0.717) is 12.0 Å². The fourth-order valence-corrected chi connectivity index (χ4v) is 1.65. The zero-order valence-electron chi connectivity index (χ0n) is 9.34. The van der Waals surface area contributed by atoms with E-state index in [2.05, 4.69) is 26.1 Å². The van der Waals surface area contributed by atoms with Crippen LogP contribution in [0.1, 0.15) is 27.2 Å². The fraction of sp³-hybridized carbons (Fsp3) is 1.00. The molecule has 1 fully saturated rings. The first-order chi connectivity index (χ1) is 6.15. The van der Waals surface area contributed by atoms with Crippen molar-refractivity contribution >= 4 is 0 Å². The molecule has 0 aliphatic heterocycles. The summed E-state index contributed by atoms with van der Waals surface area (Å²) in [4.78, 5) is 0. The Hall–Kier alpha value is -0.0800. The molecule has 2 heteroatoms. The monoisotopic (exact) mass is 185 g/mol. The lowest BCUT2D eigenvalue weighted by molar-refractivity contribution is 0.146. The Morgan fingerprint density at radius 2 is 2.08 bits per heavy atom. The minimum atomic E-state index is 0.526. The molecule has 0 saturated heterocycles. The molecule has 1 saturated carbocycles. The molecule has 0 radical (unpaired) electrons. The second-order valence-electron chi connectivity index (χ2n) is 4.69. The van der Waals surface area contributed by atoms with Crippen molar-refractivity contribution in [1.29, 1.82) is 0 Å². The molecular weight excluding hydrogens is 162 g/mol. The molecule has 3 unspecified atom stereocenters. The molecule has 0 amide bonds. The molecule has 0 spiro atoms. The first kappa shape index (κ1) is 11.0. The van der Waals surface area contributed by atoms with E-state index in [1.54, 1.807) is 7.11 Å². The highest BCUT2D eigenvalue weighted by molar-refractivity contribution is 4.85. The van der Waals surface area contributed by atoms with E-state index in [-0.39, 0.29) is 0 Å². The lowest BCUT2D eigenvalue weighted by Gasteiger charge is -2.21. The Morgan fingerprint density at radius 1 is 1.46 bits per heavy atom. The second-order valence-corrected chi connectivity index (χ2v) is 4.69. The zero-order valence-corrected chi connectivity index (χ0v) is 9.34. The number of nitrogens with one attached hydrogen (secondary N) is 1. The van der Waals surface area contributed by atoms with E-state index in [0.717, 1.165) is 18.4 Å². The molecule has 0 aromatic heterocycles. The SMILES string of the molecule is COCC(NCC1CC1C)C(C)C. The van der Waals surface area contributed by atoms with Gasteiger partial charge >= 0.3 is 0 Å². The zero-order chi connectivity index (χ0) is 9.84. The molecule has 0 aromatic rings. The smallest absolute Gasteiger partial charge is 0.0618 e. The number of hydrogen-bond donors (Lipinski definition) is 1. The quantitative estimate of drug-likeness (QED) is 0.682. The van der Waals surface area contributed by atoms with Crippen molar-refractivity contribution in [1.82, 2.24) is 5.32 Å². The molecule has 1 N–H and O–H groups in total. The van der Waals surface area contributed by atoms with Crippen molar-refractivity contribution in [2.24, 2.45) is 17.8 Å². The molecule has 0 heterocycles. The van der Waals surface area contributed by atoms with Crippen LogP contribution >= 0.6 is 0 Å². The van der Waals surface area contributed by atoms with Crippen LogP contribution in [0.3, 0.4) is 0 Å². The van der Waals surface area contributed by atoms with Crippen LogP contribution in [0.4, 0.5) is 0 Å². The number of hydrogen-bond acceptors (Lipinski definition) is 2. The van der Waals surface area contributed by atoms with Gasteiger partial charge in [0.2, 0.25) is 0 Å². The molecule has 0 aromatic carbocycles. The summed E-state index contributed by atoms with van der Waals surface area (Å²) in [5, 5.41) is 3.59. The molecule has 1 aliphatic rings. The molecule has 0 bridgehead atoms. The van der Waals surface area contributed by atoms with Crippen molar-refractivity contribution in [3.05, 3.63) is 0 Å². The third-order valence-corrected chi connectivity index (χ3v) is 3.07. The van der Waals surface area contributed by atoms with Gasteiger partial charge in [-0.15, -0.1) is 0 Å². The first-order valence-corrected chi connectivity index (χ1v) is 5.37. The number of ether oxygens (including phenoxy) is 1. The Balaban J connectivity index is 2.14. The van der Waals surface area contributed by atoms with Gasteiger partial charge in [0.25, 0.3) is 0 Å². The second kappa shape index (κ2) is 4.97. The van der Waals surface area contributed by atoms with E-state index in [9.17, 15) is 0 Å². The summed E-state index contributed by atoms with van der Waals surface area (Å²) in [6.45, 7) is 8.82. The largest absolute Gasteiger partial charge is 0.383 e. The molecule has 78 valence electrons.